The van der Waals surface area contributed by atoms with E-state index in [2.05, 4.69) is 9.97 Å². The summed E-state index contributed by atoms with van der Waals surface area (Å²) in [6, 6.07) is 1.20. The van der Waals surface area contributed by atoms with Crippen LogP contribution in [-0.2, 0) is 17.8 Å². The highest BCUT2D eigenvalue weighted by atomic mass is 19.4. The van der Waals surface area contributed by atoms with Gasteiger partial charge in [-0.15, -0.1) is 0 Å². The van der Waals surface area contributed by atoms with Crippen molar-refractivity contribution in [1.29, 1.82) is 0 Å². The van der Waals surface area contributed by atoms with Crippen molar-refractivity contribution in [2.24, 2.45) is 0 Å². The molecule has 1 aromatic rings. The van der Waals surface area contributed by atoms with Gasteiger partial charge in [-0.2, -0.15) is 13.2 Å². The Hall–Kier alpha value is -1.37. The van der Waals surface area contributed by atoms with Gasteiger partial charge in [-0.3, -0.25) is 4.79 Å². The van der Waals surface area contributed by atoms with Crippen molar-refractivity contribution in [1.82, 2.24) is 9.97 Å². The first kappa shape index (κ1) is 12.7. The summed E-state index contributed by atoms with van der Waals surface area (Å²) in [6.45, 7) is 0.100. The molecular weight excluding hydrogens is 225 g/mol. The van der Waals surface area contributed by atoms with Gasteiger partial charge in [0.2, 0.25) is 0 Å². The van der Waals surface area contributed by atoms with E-state index in [0.29, 0.717) is 5.69 Å². The Labute approximate surface area is 89.5 Å². The molecule has 0 radical (unpaired) electrons. The highest BCUT2D eigenvalue weighted by molar-refractivity contribution is 5.02. The second-order valence-corrected chi connectivity index (χ2v) is 3.23. The molecule has 0 spiro atoms. The van der Waals surface area contributed by atoms with E-state index in [4.69, 9.17) is 4.74 Å². The van der Waals surface area contributed by atoms with Crippen LogP contribution in [0, 0.1) is 0 Å². The molecule has 0 aliphatic heterocycles. The molecule has 0 aliphatic carbocycles. The molecule has 1 aromatic heterocycles. The van der Waals surface area contributed by atoms with E-state index in [9.17, 15) is 18.0 Å². The number of hydrogen-bond acceptors (Lipinski definition) is 3. The van der Waals surface area contributed by atoms with E-state index in [1.165, 1.54) is 13.2 Å². The van der Waals surface area contributed by atoms with Gasteiger partial charge in [0.05, 0.1) is 18.7 Å². The maximum atomic E-state index is 11.9. The molecule has 0 amide bonds. The number of aromatic nitrogens is 2. The Morgan fingerprint density at radius 1 is 1.50 bits per heavy atom. The highest BCUT2D eigenvalue weighted by Gasteiger charge is 2.27. The lowest BCUT2D eigenvalue weighted by Gasteiger charge is -2.06. The average molecular weight is 236 g/mol. The van der Waals surface area contributed by atoms with Gasteiger partial charge in [0, 0.05) is 19.6 Å². The summed E-state index contributed by atoms with van der Waals surface area (Å²) in [5, 5.41) is 0. The zero-order valence-corrected chi connectivity index (χ0v) is 8.60. The predicted molar refractivity (Wildman–Crippen MR) is 49.9 cm³/mol. The van der Waals surface area contributed by atoms with E-state index < -0.39 is 18.2 Å². The molecule has 1 heterocycles. The molecule has 90 valence electrons. The van der Waals surface area contributed by atoms with Crippen molar-refractivity contribution in [3.05, 3.63) is 27.9 Å². The fourth-order valence-corrected chi connectivity index (χ4v) is 1.16. The predicted octanol–water partition coefficient (Wildman–Crippen LogP) is 1.41. The Morgan fingerprint density at radius 2 is 2.19 bits per heavy atom. The number of aryl methyl sites for hydroxylation is 1. The van der Waals surface area contributed by atoms with Crippen molar-refractivity contribution < 1.29 is 17.9 Å². The Kier molecular flexibility index (Phi) is 4.05. The van der Waals surface area contributed by atoms with Gasteiger partial charge < -0.3 is 9.72 Å². The van der Waals surface area contributed by atoms with Crippen LogP contribution in [0.2, 0.25) is 0 Å². The smallest absolute Gasteiger partial charge is 0.378 e. The maximum Gasteiger partial charge on any atom is 0.389 e. The summed E-state index contributed by atoms with van der Waals surface area (Å²) in [7, 11) is 1.41. The molecule has 0 bridgehead atoms. The van der Waals surface area contributed by atoms with Gasteiger partial charge in [-0.25, -0.2) is 4.98 Å². The summed E-state index contributed by atoms with van der Waals surface area (Å²) in [5.41, 5.74) is -0.150. The number of alkyl halides is 3. The van der Waals surface area contributed by atoms with Crippen LogP contribution < -0.4 is 5.56 Å². The molecule has 0 saturated heterocycles. The summed E-state index contributed by atoms with van der Waals surface area (Å²) in [5.74, 6) is 0.0249. The van der Waals surface area contributed by atoms with E-state index in [1.54, 1.807) is 0 Å². The van der Waals surface area contributed by atoms with Gasteiger partial charge in [0.1, 0.15) is 5.82 Å². The number of rotatable bonds is 4. The van der Waals surface area contributed by atoms with E-state index in [0.717, 1.165) is 0 Å². The van der Waals surface area contributed by atoms with Crippen molar-refractivity contribution in [3.63, 3.8) is 0 Å². The number of aromatic amines is 1. The molecular formula is C9H11F3N2O2. The zero-order valence-electron chi connectivity index (χ0n) is 8.60. The van der Waals surface area contributed by atoms with Crippen LogP contribution in [0.4, 0.5) is 13.2 Å². The molecule has 0 aromatic carbocycles. The number of H-pyrrole nitrogens is 1. The van der Waals surface area contributed by atoms with Crippen molar-refractivity contribution >= 4 is 0 Å². The van der Waals surface area contributed by atoms with Crippen LogP contribution >= 0.6 is 0 Å². The van der Waals surface area contributed by atoms with Crippen molar-refractivity contribution in [2.45, 2.75) is 25.6 Å². The van der Waals surface area contributed by atoms with Gasteiger partial charge in [0.25, 0.3) is 5.56 Å². The molecule has 0 saturated carbocycles. The summed E-state index contributed by atoms with van der Waals surface area (Å²) < 4.78 is 40.6. The average Bonchev–Trinajstić information content (AvgIpc) is 2.13. The van der Waals surface area contributed by atoms with Crippen molar-refractivity contribution in [3.8, 4) is 0 Å². The molecule has 1 N–H and O–H groups in total. The Morgan fingerprint density at radius 3 is 2.75 bits per heavy atom. The number of halogens is 3. The van der Waals surface area contributed by atoms with Crippen LogP contribution in [0.15, 0.2) is 10.9 Å². The first-order chi connectivity index (χ1) is 7.40. The van der Waals surface area contributed by atoms with Crippen LogP contribution in [0.5, 0.6) is 0 Å². The molecule has 0 unspecified atom stereocenters. The number of nitrogens with zero attached hydrogens (tertiary/aromatic N) is 1. The first-order valence-corrected chi connectivity index (χ1v) is 4.55. The minimum Gasteiger partial charge on any atom is -0.378 e. The Balaban J connectivity index is 2.76. The van der Waals surface area contributed by atoms with Crippen LogP contribution in [0.1, 0.15) is 17.9 Å². The monoisotopic (exact) mass is 236 g/mol. The third-order valence-corrected chi connectivity index (χ3v) is 1.78. The lowest BCUT2D eigenvalue weighted by molar-refractivity contribution is -0.134. The fourth-order valence-electron chi connectivity index (χ4n) is 1.16. The molecule has 0 aliphatic rings. The Bertz CT molecular complexity index is 400. The summed E-state index contributed by atoms with van der Waals surface area (Å²) in [6.07, 6.45) is -5.60. The summed E-state index contributed by atoms with van der Waals surface area (Å²) in [4.78, 5) is 17.2. The maximum absolute atomic E-state index is 11.9. The zero-order chi connectivity index (χ0) is 12.2. The lowest BCUT2D eigenvalue weighted by Crippen LogP contribution is -2.16. The number of methoxy groups -OCH3 is 1. The second kappa shape index (κ2) is 5.11. The second-order valence-electron chi connectivity index (χ2n) is 3.23. The lowest BCUT2D eigenvalue weighted by atomic mass is 10.3. The first-order valence-electron chi connectivity index (χ1n) is 4.55. The molecule has 0 fully saturated rings. The SMILES string of the molecule is COCc1cc(=O)[nH]c(CCC(F)(F)F)n1. The number of ether oxygens (including phenoxy) is 1. The van der Waals surface area contributed by atoms with Gasteiger partial charge in [0.15, 0.2) is 0 Å². The molecule has 1 rings (SSSR count). The third kappa shape index (κ3) is 4.43. The van der Waals surface area contributed by atoms with E-state index in [-0.39, 0.29) is 18.9 Å². The minimum atomic E-state index is -4.25. The standard InChI is InChI=1S/C9H11F3N2O2/c1-16-5-6-4-8(15)14-7(13-6)2-3-9(10,11)12/h4H,2-3,5H2,1H3,(H,13,14,15). The number of nitrogens with one attached hydrogen (secondary N) is 1. The molecule has 7 heteroatoms. The van der Waals surface area contributed by atoms with Gasteiger partial charge >= 0.3 is 6.18 Å². The molecule has 4 nitrogen and oxygen atoms in total. The van der Waals surface area contributed by atoms with Crippen LogP contribution in [0.3, 0.4) is 0 Å². The molecule has 16 heavy (non-hydrogen) atoms. The van der Waals surface area contributed by atoms with Crippen LogP contribution in [-0.4, -0.2) is 23.3 Å². The number of hydrogen-bond donors (Lipinski definition) is 1. The summed E-state index contributed by atoms with van der Waals surface area (Å²) >= 11 is 0. The molecule has 0 atom stereocenters. The van der Waals surface area contributed by atoms with Crippen molar-refractivity contribution in [2.75, 3.05) is 7.11 Å². The largest absolute Gasteiger partial charge is 0.389 e. The van der Waals surface area contributed by atoms with E-state index >= 15 is 0 Å². The van der Waals surface area contributed by atoms with Gasteiger partial charge in [-0.1, -0.05) is 0 Å². The van der Waals surface area contributed by atoms with E-state index in [1.807, 2.05) is 0 Å². The fraction of sp³-hybridized carbons (Fsp3) is 0.556. The van der Waals surface area contributed by atoms with Crippen LogP contribution in [0.25, 0.3) is 0 Å². The topological polar surface area (TPSA) is 55.0 Å². The third-order valence-electron chi connectivity index (χ3n) is 1.78. The minimum absolute atomic E-state index is 0.0249. The highest BCUT2D eigenvalue weighted by Crippen LogP contribution is 2.20. The van der Waals surface area contributed by atoms with Gasteiger partial charge in [-0.05, 0) is 0 Å². The quantitative estimate of drug-likeness (QED) is 0.859. The normalized spacial score (nSPS) is 11.8.